The quantitative estimate of drug-likeness (QED) is 0.653. The van der Waals surface area contributed by atoms with Gasteiger partial charge in [0, 0.05) is 30.5 Å². The van der Waals surface area contributed by atoms with Crippen molar-refractivity contribution < 1.29 is 23.9 Å². The van der Waals surface area contributed by atoms with Crippen molar-refractivity contribution in [2.75, 3.05) is 41.4 Å². The third-order valence-electron chi connectivity index (χ3n) is 7.23. The number of ether oxygens (including phenoxy) is 2. The van der Waals surface area contributed by atoms with Gasteiger partial charge in [0.1, 0.15) is 6.10 Å². The summed E-state index contributed by atoms with van der Waals surface area (Å²) in [7, 11) is 7.09. The minimum absolute atomic E-state index is 0.0113. The fraction of sp³-hybridized carbons (Fsp3) is 0.591. The lowest BCUT2D eigenvalue weighted by Gasteiger charge is -2.30. The summed E-state index contributed by atoms with van der Waals surface area (Å²) < 4.78 is 11.0. The first-order valence-corrected chi connectivity index (χ1v) is 10.4. The van der Waals surface area contributed by atoms with Crippen LogP contribution in [0.1, 0.15) is 12.0 Å². The van der Waals surface area contributed by atoms with Crippen LogP contribution in [0.2, 0.25) is 0 Å². The van der Waals surface area contributed by atoms with Crippen molar-refractivity contribution in [3.05, 3.63) is 23.8 Å². The van der Waals surface area contributed by atoms with Crippen molar-refractivity contribution in [3.63, 3.8) is 0 Å². The Labute approximate surface area is 175 Å². The molecule has 8 nitrogen and oxygen atoms in total. The number of hydrogen-bond donors (Lipinski definition) is 0. The Balaban J connectivity index is 1.46. The van der Waals surface area contributed by atoms with Crippen molar-refractivity contribution in [3.8, 4) is 11.5 Å². The molecule has 2 heterocycles. The van der Waals surface area contributed by atoms with Crippen LogP contribution in [-0.4, -0.2) is 74.8 Å². The minimum atomic E-state index is -0.271. The molecule has 1 saturated heterocycles. The van der Waals surface area contributed by atoms with Crippen LogP contribution in [0.15, 0.2) is 23.4 Å². The van der Waals surface area contributed by atoms with Crippen molar-refractivity contribution >= 4 is 17.5 Å². The van der Waals surface area contributed by atoms with Gasteiger partial charge in [0.05, 0.1) is 31.8 Å². The van der Waals surface area contributed by atoms with Crippen LogP contribution in [0.5, 0.6) is 11.5 Å². The van der Waals surface area contributed by atoms with E-state index in [2.05, 4.69) is 5.16 Å². The fourth-order valence-electron chi connectivity index (χ4n) is 6.02. The van der Waals surface area contributed by atoms with Gasteiger partial charge in [-0.25, -0.2) is 0 Å². The standard InChI is InChI=1S/C22H27N3O5/c1-24(2)8-9-25-21(26)15-12-10-13(16(15)22(25)27)20-17(12)18(23-30-20)11-6-5-7-14(28-3)19(11)29-4/h5-7,12-13,15-17,20H,8-10H2,1-4H3/t12-,13+,15-,16+,17+,20-/m1/s1. The Morgan fingerprint density at radius 3 is 2.50 bits per heavy atom. The van der Waals surface area contributed by atoms with E-state index in [4.69, 9.17) is 14.3 Å². The number of carbonyl (C=O) groups is 2. The minimum Gasteiger partial charge on any atom is -0.493 e. The molecule has 2 bridgehead atoms. The molecule has 30 heavy (non-hydrogen) atoms. The number of benzene rings is 1. The second kappa shape index (κ2) is 6.97. The largest absolute Gasteiger partial charge is 0.493 e. The van der Waals surface area contributed by atoms with E-state index in [0.717, 1.165) is 17.7 Å². The number of fused-ring (bicyclic) bond motifs is 8. The van der Waals surface area contributed by atoms with Gasteiger partial charge in [-0.2, -0.15) is 0 Å². The topological polar surface area (TPSA) is 80.7 Å². The molecule has 2 saturated carbocycles. The Hall–Kier alpha value is -2.61. The van der Waals surface area contributed by atoms with Crippen LogP contribution in [0.25, 0.3) is 0 Å². The van der Waals surface area contributed by atoms with Gasteiger partial charge in [0.15, 0.2) is 11.5 Å². The summed E-state index contributed by atoms with van der Waals surface area (Å²) in [5, 5.41) is 4.41. The highest BCUT2D eigenvalue weighted by molar-refractivity contribution is 6.10. The summed E-state index contributed by atoms with van der Waals surface area (Å²) >= 11 is 0. The first kappa shape index (κ1) is 19.4. The summed E-state index contributed by atoms with van der Waals surface area (Å²) in [6.07, 6.45) is 0.669. The maximum Gasteiger partial charge on any atom is 0.233 e. The van der Waals surface area contributed by atoms with Gasteiger partial charge >= 0.3 is 0 Å². The Morgan fingerprint density at radius 1 is 1.10 bits per heavy atom. The Kier molecular flexibility index (Phi) is 4.50. The lowest BCUT2D eigenvalue weighted by atomic mass is 9.71. The maximum atomic E-state index is 13.2. The molecular weight excluding hydrogens is 386 g/mol. The first-order valence-electron chi connectivity index (χ1n) is 10.4. The number of carbonyl (C=O) groups excluding carboxylic acids is 2. The van der Waals surface area contributed by atoms with E-state index in [-0.39, 0.29) is 47.5 Å². The van der Waals surface area contributed by atoms with Crippen molar-refractivity contribution in [2.24, 2.45) is 34.7 Å². The predicted molar refractivity (Wildman–Crippen MR) is 108 cm³/mol. The normalized spacial score (nSPS) is 33.6. The number of amides is 2. The SMILES string of the molecule is COc1cccc(C2=NO[C@@H]3[C@H]4C[C@@H]([C@@H]23)[C@H]2C(=O)N(CCN(C)C)C(=O)[C@@H]42)c1OC. The highest BCUT2D eigenvalue weighted by Gasteiger charge is 2.70. The number of oxime groups is 1. The molecule has 1 aromatic rings. The monoisotopic (exact) mass is 413 g/mol. The third kappa shape index (κ3) is 2.52. The molecule has 4 aliphatic rings. The highest BCUT2D eigenvalue weighted by atomic mass is 16.6. The van der Waals surface area contributed by atoms with Gasteiger partial charge in [-0.1, -0.05) is 11.2 Å². The van der Waals surface area contributed by atoms with E-state index < -0.39 is 0 Å². The number of nitrogens with zero attached hydrogens (tertiary/aromatic N) is 3. The second-order valence-electron chi connectivity index (χ2n) is 8.86. The summed E-state index contributed by atoms with van der Waals surface area (Å²) in [4.78, 5) is 35.6. The molecule has 2 amide bonds. The zero-order chi connectivity index (χ0) is 21.2. The average molecular weight is 413 g/mol. The number of likely N-dealkylation sites (tertiary alicyclic amines) is 1. The number of imide groups is 1. The molecule has 0 spiro atoms. The van der Waals surface area contributed by atoms with Gasteiger partial charge in [-0.3, -0.25) is 14.5 Å². The lowest BCUT2D eigenvalue weighted by molar-refractivity contribution is -0.141. The third-order valence-corrected chi connectivity index (χ3v) is 7.23. The smallest absolute Gasteiger partial charge is 0.233 e. The molecule has 0 aromatic heterocycles. The fourth-order valence-corrected chi connectivity index (χ4v) is 6.02. The summed E-state index contributed by atoms with van der Waals surface area (Å²) in [5.41, 5.74) is 1.63. The highest BCUT2D eigenvalue weighted by Crippen LogP contribution is 2.62. The molecule has 5 rings (SSSR count). The summed E-state index contributed by atoms with van der Waals surface area (Å²) in [5.74, 6) is 0.722. The van der Waals surface area contributed by atoms with Gasteiger partial charge < -0.3 is 19.2 Å². The molecule has 160 valence electrons. The van der Waals surface area contributed by atoms with Crippen LogP contribution in [0.3, 0.4) is 0 Å². The lowest BCUT2D eigenvalue weighted by Crippen LogP contribution is -2.41. The van der Waals surface area contributed by atoms with Gasteiger partial charge in [0.25, 0.3) is 0 Å². The van der Waals surface area contributed by atoms with Crippen LogP contribution >= 0.6 is 0 Å². The van der Waals surface area contributed by atoms with E-state index in [9.17, 15) is 9.59 Å². The Bertz CT molecular complexity index is 929. The number of rotatable bonds is 6. The molecule has 2 aliphatic heterocycles. The van der Waals surface area contributed by atoms with E-state index >= 15 is 0 Å². The molecule has 1 aromatic carbocycles. The molecule has 8 heteroatoms. The van der Waals surface area contributed by atoms with Crippen molar-refractivity contribution in [1.82, 2.24) is 9.80 Å². The zero-order valence-electron chi connectivity index (χ0n) is 17.7. The molecule has 0 N–H and O–H groups in total. The average Bonchev–Trinajstić information content (AvgIpc) is 3.46. The number of para-hydroxylation sites is 1. The van der Waals surface area contributed by atoms with Crippen molar-refractivity contribution in [1.29, 1.82) is 0 Å². The number of likely N-dealkylation sites (N-methyl/N-ethyl adjacent to an activating group) is 1. The summed E-state index contributed by atoms with van der Waals surface area (Å²) in [6, 6.07) is 5.69. The molecule has 0 unspecified atom stereocenters. The number of methoxy groups -OCH3 is 2. The van der Waals surface area contributed by atoms with Crippen LogP contribution in [0.4, 0.5) is 0 Å². The van der Waals surface area contributed by atoms with Gasteiger partial charge in [-0.05, 0) is 38.6 Å². The molecule has 3 fully saturated rings. The number of hydrogen-bond acceptors (Lipinski definition) is 7. The van der Waals surface area contributed by atoms with Crippen LogP contribution in [-0.2, 0) is 14.4 Å². The Morgan fingerprint density at radius 2 is 1.83 bits per heavy atom. The first-order chi connectivity index (χ1) is 14.5. The van der Waals surface area contributed by atoms with Crippen LogP contribution < -0.4 is 9.47 Å². The molecular formula is C22H27N3O5. The second-order valence-corrected chi connectivity index (χ2v) is 8.86. The van der Waals surface area contributed by atoms with E-state index in [0.29, 0.717) is 24.6 Å². The molecule has 0 radical (unpaired) electrons. The maximum absolute atomic E-state index is 13.2. The van der Waals surface area contributed by atoms with E-state index in [1.54, 1.807) is 14.2 Å². The zero-order valence-corrected chi connectivity index (χ0v) is 17.7. The van der Waals surface area contributed by atoms with Crippen molar-refractivity contribution in [2.45, 2.75) is 12.5 Å². The van der Waals surface area contributed by atoms with E-state index in [1.165, 1.54) is 4.90 Å². The predicted octanol–water partition coefficient (Wildman–Crippen LogP) is 1.24. The molecule has 6 atom stereocenters. The van der Waals surface area contributed by atoms with Gasteiger partial charge in [-0.15, -0.1) is 0 Å². The van der Waals surface area contributed by atoms with Gasteiger partial charge in [0.2, 0.25) is 11.8 Å². The van der Waals surface area contributed by atoms with Crippen LogP contribution in [0, 0.1) is 29.6 Å². The van der Waals surface area contributed by atoms with E-state index in [1.807, 2.05) is 37.2 Å². The summed E-state index contributed by atoms with van der Waals surface area (Å²) in [6.45, 7) is 1.11. The molecule has 2 aliphatic carbocycles.